The molecule has 0 aliphatic carbocycles. The normalized spacial score (nSPS) is 12.0. The Morgan fingerprint density at radius 2 is 2.06 bits per heavy atom. The summed E-state index contributed by atoms with van der Waals surface area (Å²) in [5.74, 6) is 5.82. The summed E-state index contributed by atoms with van der Waals surface area (Å²) >= 11 is 0. The van der Waals surface area contributed by atoms with Gasteiger partial charge in [0.1, 0.15) is 0 Å². The van der Waals surface area contributed by atoms with E-state index in [1.807, 2.05) is 6.92 Å². The predicted molar refractivity (Wildman–Crippen MR) is 63.6 cm³/mol. The Bertz CT molecular complexity index is 326. The summed E-state index contributed by atoms with van der Waals surface area (Å²) in [4.78, 5) is 12.0. The lowest BCUT2D eigenvalue weighted by molar-refractivity contribution is 0.278. The number of nitrogen functional groups attached to an aromatic ring is 1. The molecule has 1 aromatic rings. The molecule has 0 saturated heterocycles. The minimum absolute atomic E-state index is 0.0951. The first-order chi connectivity index (χ1) is 8.23. The average Bonchev–Trinajstić information content (AvgIpc) is 2.37. The molecule has 0 aromatic carbocycles. The van der Waals surface area contributed by atoms with Crippen LogP contribution in [0.2, 0.25) is 0 Å². The van der Waals surface area contributed by atoms with Crippen molar-refractivity contribution < 1.29 is 9.84 Å². The molecule has 0 aliphatic heterocycles. The Labute approximate surface area is 99.6 Å². The largest absolute Gasteiger partial charge is 0.467 e. The molecule has 0 fully saturated rings. The number of hydrogen-bond donors (Lipinski definition) is 4. The number of methoxy groups -OCH3 is 1. The summed E-state index contributed by atoms with van der Waals surface area (Å²) in [5, 5.41) is 12.0. The summed E-state index contributed by atoms with van der Waals surface area (Å²) < 4.78 is 4.93. The smallest absolute Gasteiger partial charge is 0.322 e. The van der Waals surface area contributed by atoms with Gasteiger partial charge in [-0.15, -0.1) is 0 Å². The van der Waals surface area contributed by atoms with Gasteiger partial charge in [-0.25, -0.2) is 5.84 Å². The van der Waals surface area contributed by atoms with Gasteiger partial charge < -0.3 is 15.2 Å². The third-order valence-electron chi connectivity index (χ3n) is 2.23. The van der Waals surface area contributed by atoms with Crippen LogP contribution in [-0.2, 0) is 0 Å². The lowest BCUT2D eigenvalue weighted by Gasteiger charge is -2.15. The Morgan fingerprint density at radius 1 is 1.35 bits per heavy atom. The lowest BCUT2D eigenvalue weighted by atomic mass is 10.2. The van der Waals surface area contributed by atoms with Crippen LogP contribution in [0.4, 0.5) is 11.9 Å². The summed E-state index contributed by atoms with van der Waals surface area (Å²) in [6.07, 6.45) is 1.47. The summed E-state index contributed by atoms with van der Waals surface area (Å²) in [5.41, 5.74) is 2.33. The maximum Gasteiger partial charge on any atom is 0.322 e. The average molecular weight is 242 g/mol. The van der Waals surface area contributed by atoms with E-state index in [2.05, 4.69) is 25.7 Å². The van der Waals surface area contributed by atoms with Crippen molar-refractivity contribution in [1.82, 2.24) is 15.0 Å². The van der Waals surface area contributed by atoms with Gasteiger partial charge in [0, 0.05) is 12.6 Å². The van der Waals surface area contributed by atoms with Gasteiger partial charge in [0.15, 0.2) is 0 Å². The van der Waals surface area contributed by atoms with Gasteiger partial charge in [0.25, 0.3) is 0 Å². The zero-order valence-electron chi connectivity index (χ0n) is 9.97. The Kier molecular flexibility index (Phi) is 5.37. The third-order valence-corrected chi connectivity index (χ3v) is 2.23. The van der Waals surface area contributed by atoms with E-state index in [1.165, 1.54) is 7.11 Å². The van der Waals surface area contributed by atoms with Gasteiger partial charge in [-0.05, 0) is 12.8 Å². The number of rotatable bonds is 7. The van der Waals surface area contributed by atoms with Crippen molar-refractivity contribution in [1.29, 1.82) is 0 Å². The highest BCUT2D eigenvalue weighted by atomic mass is 16.5. The first-order valence-electron chi connectivity index (χ1n) is 5.37. The zero-order valence-corrected chi connectivity index (χ0v) is 9.97. The molecule has 0 radical (unpaired) electrons. The van der Waals surface area contributed by atoms with Crippen LogP contribution in [0.25, 0.3) is 0 Å². The molecule has 1 atom stereocenters. The number of hydrazine groups is 1. The van der Waals surface area contributed by atoms with Crippen LogP contribution in [-0.4, -0.2) is 39.8 Å². The second kappa shape index (κ2) is 6.81. The molecular weight excluding hydrogens is 224 g/mol. The van der Waals surface area contributed by atoms with Crippen LogP contribution >= 0.6 is 0 Å². The number of nitrogens with zero attached hydrogens (tertiary/aromatic N) is 3. The summed E-state index contributed by atoms with van der Waals surface area (Å²) in [7, 11) is 1.46. The zero-order chi connectivity index (χ0) is 12.7. The molecule has 0 aliphatic rings. The van der Waals surface area contributed by atoms with Crippen molar-refractivity contribution in [3.8, 4) is 6.01 Å². The van der Waals surface area contributed by atoms with Crippen LogP contribution < -0.4 is 21.3 Å². The first kappa shape index (κ1) is 13.4. The molecule has 17 heavy (non-hydrogen) atoms. The van der Waals surface area contributed by atoms with E-state index < -0.39 is 0 Å². The molecular formula is C9H18N6O2. The summed E-state index contributed by atoms with van der Waals surface area (Å²) in [6.45, 7) is 2.11. The predicted octanol–water partition coefficient (Wildman–Crippen LogP) is -0.261. The molecule has 96 valence electrons. The topological polar surface area (TPSA) is 118 Å². The quantitative estimate of drug-likeness (QED) is 0.381. The van der Waals surface area contributed by atoms with Crippen LogP contribution in [0, 0.1) is 0 Å². The summed E-state index contributed by atoms with van der Waals surface area (Å²) in [6, 6.07) is 0.270. The van der Waals surface area contributed by atoms with Gasteiger partial charge in [-0.2, -0.15) is 15.0 Å². The lowest BCUT2D eigenvalue weighted by Crippen LogP contribution is -2.22. The fourth-order valence-corrected chi connectivity index (χ4v) is 1.29. The maximum absolute atomic E-state index is 8.90. The fraction of sp³-hybridized carbons (Fsp3) is 0.667. The number of hydrogen-bond acceptors (Lipinski definition) is 8. The molecule has 0 saturated carbocycles. The van der Waals surface area contributed by atoms with E-state index in [9.17, 15) is 0 Å². The van der Waals surface area contributed by atoms with Crippen molar-refractivity contribution >= 4 is 11.9 Å². The van der Waals surface area contributed by atoms with E-state index in [0.717, 1.165) is 6.42 Å². The molecule has 0 amide bonds. The molecule has 8 nitrogen and oxygen atoms in total. The van der Waals surface area contributed by atoms with E-state index in [0.29, 0.717) is 12.4 Å². The van der Waals surface area contributed by atoms with Gasteiger partial charge in [-0.1, -0.05) is 6.92 Å². The molecule has 1 aromatic heterocycles. The second-order valence-electron chi connectivity index (χ2n) is 3.38. The molecule has 1 unspecified atom stereocenters. The van der Waals surface area contributed by atoms with Crippen LogP contribution in [0.15, 0.2) is 0 Å². The highest BCUT2D eigenvalue weighted by Gasteiger charge is 2.10. The molecule has 5 N–H and O–H groups in total. The number of ether oxygens (including phenoxy) is 1. The monoisotopic (exact) mass is 242 g/mol. The van der Waals surface area contributed by atoms with Crippen molar-refractivity contribution in [2.75, 3.05) is 24.5 Å². The van der Waals surface area contributed by atoms with E-state index in [-0.39, 0.29) is 24.6 Å². The number of nitrogens with two attached hydrogens (primary N) is 1. The maximum atomic E-state index is 8.90. The Morgan fingerprint density at radius 3 is 2.59 bits per heavy atom. The molecule has 0 bridgehead atoms. The Balaban J connectivity index is 2.81. The van der Waals surface area contributed by atoms with Gasteiger partial charge in [0.2, 0.25) is 11.9 Å². The number of nitrogens with one attached hydrogen (secondary N) is 2. The van der Waals surface area contributed by atoms with Crippen molar-refractivity contribution in [3.05, 3.63) is 0 Å². The molecule has 8 heteroatoms. The van der Waals surface area contributed by atoms with Gasteiger partial charge in [0.05, 0.1) is 7.11 Å². The molecule has 1 rings (SSSR count). The van der Waals surface area contributed by atoms with Crippen molar-refractivity contribution in [3.63, 3.8) is 0 Å². The van der Waals surface area contributed by atoms with Crippen LogP contribution in [0.1, 0.15) is 19.8 Å². The Hall–Kier alpha value is -1.67. The van der Waals surface area contributed by atoms with Crippen molar-refractivity contribution in [2.45, 2.75) is 25.8 Å². The number of aromatic nitrogens is 3. The van der Waals surface area contributed by atoms with E-state index >= 15 is 0 Å². The second-order valence-corrected chi connectivity index (χ2v) is 3.38. The molecule has 0 spiro atoms. The minimum atomic E-state index is 0.0951. The SMILES string of the molecule is CCC(CCO)Nc1nc(NN)nc(OC)n1. The van der Waals surface area contributed by atoms with Crippen LogP contribution in [0.5, 0.6) is 6.01 Å². The van der Waals surface area contributed by atoms with Crippen molar-refractivity contribution in [2.24, 2.45) is 5.84 Å². The van der Waals surface area contributed by atoms with Gasteiger partial charge >= 0.3 is 6.01 Å². The minimum Gasteiger partial charge on any atom is -0.467 e. The van der Waals surface area contributed by atoms with Gasteiger partial charge in [-0.3, -0.25) is 5.43 Å². The van der Waals surface area contributed by atoms with E-state index in [1.54, 1.807) is 0 Å². The third kappa shape index (κ3) is 4.00. The number of aliphatic hydroxyl groups excluding tert-OH is 1. The van der Waals surface area contributed by atoms with E-state index in [4.69, 9.17) is 15.7 Å². The first-order valence-corrected chi connectivity index (χ1v) is 5.37. The number of aliphatic hydroxyl groups is 1. The molecule has 1 heterocycles. The fourth-order valence-electron chi connectivity index (χ4n) is 1.29. The van der Waals surface area contributed by atoms with Crippen LogP contribution in [0.3, 0.4) is 0 Å². The standard InChI is InChI=1S/C9H18N6O2/c1-3-6(4-5-16)11-7-12-8(15-10)14-9(13-7)17-2/h6,16H,3-5,10H2,1-2H3,(H2,11,12,13,14,15). The number of anilines is 2. The highest BCUT2D eigenvalue weighted by Crippen LogP contribution is 2.12. The highest BCUT2D eigenvalue weighted by molar-refractivity contribution is 5.35.